The molecule has 0 aliphatic rings. The van der Waals surface area contributed by atoms with Gasteiger partial charge in [0.1, 0.15) is 12.4 Å². The van der Waals surface area contributed by atoms with E-state index in [0.717, 1.165) is 0 Å². The van der Waals surface area contributed by atoms with E-state index in [-0.39, 0.29) is 18.9 Å². The summed E-state index contributed by atoms with van der Waals surface area (Å²) in [4.78, 5) is 24.6. The van der Waals surface area contributed by atoms with Crippen LogP contribution in [0.5, 0.6) is 0 Å². The average molecular weight is 254 g/mol. The van der Waals surface area contributed by atoms with Crippen molar-refractivity contribution in [3.63, 3.8) is 0 Å². The molecule has 8 nitrogen and oxygen atoms in total. The van der Waals surface area contributed by atoms with Crippen molar-refractivity contribution < 1.29 is 14.5 Å². The molecule has 0 bridgehead atoms. The number of carbonyl (C=O) groups excluding carboxylic acids is 1. The zero-order valence-electron chi connectivity index (χ0n) is 9.88. The number of carbonyl (C=O) groups is 1. The molecule has 1 aromatic rings. The van der Waals surface area contributed by atoms with Crippen molar-refractivity contribution in [1.29, 1.82) is 0 Å². The van der Waals surface area contributed by atoms with E-state index in [9.17, 15) is 14.9 Å². The van der Waals surface area contributed by atoms with Gasteiger partial charge >= 0.3 is 0 Å². The predicted molar refractivity (Wildman–Crippen MR) is 64.1 cm³/mol. The predicted octanol–water partition coefficient (Wildman–Crippen LogP) is 0.212. The second-order valence-electron chi connectivity index (χ2n) is 3.56. The molecule has 8 heteroatoms. The van der Waals surface area contributed by atoms with Crippen molar-refractivity contribution in [2.45, 2.75) is 6.92 Å². The topological polar surface area (TPSA) is 120 Å². The number of primary amides is 1. The van der Waals surface area contributed by atoms with Crippen LogP contribution < -0.4 is 11.1 Å². The Hall–Kier alpha value is -2.22. The number of nitrogens with zero attached hydrogens (tertiary/aromatic N) is 2. The molecule has 0 aliphatic heterocycles. The Labute approximate surface area is 103 Å². The number of pyridine rings is 1. The standard InChI is InChI=1S/C10H14N4O4/c1-7-5-13-10(4-8(7)14(16)17)12-2-3-18-6-9(11)15/h4-5H,2-3,6H2,1H3,(H2,11,15)(H,12,13). The number of hydrogen-bond acceptors (Lipinski definition) is 6. The van der Waals surface area contributed by atoms with Crippen LogP contribution in [0, 0.1) is 17.0 Å². The molecule has 98 valence electrons. The highest BCUT2D eigenvalue weighted by atomic mass is 16.6. The minimum absolute atomic E-state index is 0.00514. The van der Waals surface area contributed by atoms with E-state index in [1.807, 2.05) is 0 Å². The highest BCUT2D eigenvalue weighted by Gasteiger charge is 2.11. The number of nitrogens with two attached hydrogens (primary N) is 1. The van der Waals surface area contributed by atoms with Gasteiger partial charge in [0.15, 0.2) is 0 Å². The van der Waals surface area contributed by atoms with Crippen LogP contribution in [-0.2, 0) is 9.53 Å². The summed E-state index contributed by atoms with van der Waals surface area (Å²) in [6.07, 6.45) is 1.42. The number of amides is 1. The molecular formula is C10H14N4O4. The van der Waals surface area contributed by atoms with Crippen molar-refractivity contribution in [2.24, 2.45) is 5.73 Å². The lowest BCUT2D eigenvalue weighted by Crippen LogP contribution is -2.20. The third-order valence-corrected chi connectivity index (χ3v) is 2.07. The summed E-state index contributed by atoms with van der Waals surface area (Å²) in [5.74, 6) is -0.158. The lowest BCUT2D eigenvalue weighted by Gasteiger charge is -2.06. The Morgan fingerprint density at radius 3 is 3.00 bits per heavy atom. The number of aryl methyl sites for hydroxylation is 1. The molecule has 1 heterocycles. The number of ether oxygens (including phenoxy) is 1. The van der Waals surface area contributed by atoms with Crippen LogP contribution in [0.3, 0.4) is 0 Å². The summed E-state index contributed by atoms with van der Waals surface area (Å²) >= 11 is 0. The zero-order chi connectivity index (χ0) is 13.5. The highest BCUT2D eigenvalue weighted by Crippen LogP contribution is 2.19. The second-order valence-corrected chi connectivity index (χ2v) is 3.56. The number of anilines is 1. The van der Waals surface area contributed by atoms with Gasteiger partial charge in [-0.1, -0.05) is 0 Å². The van der Waals surface area contributed by atoms with Gasteiger partial charge in [0.2, 0.25) is 5.91 Å². The maximum absolute atomic E-state index is 10.7. The quantitative estimate of drug-likeness (QED) is 0.407. The Morgan fingerprint density at radius 1 is 1.67 bits per heavy atom. The number of aromatic nitrogens is 1. The van der Waals surface area contributed by atoms with Gasteiger partial charge in [0.05, 0.1) is 17.6 Å². The van der Waals surface area contributed by atoms with Gasteiger partial charge in [-0.15, -0.1) is 0 Å². The van der Waals surface area contributed by atoms with E-state index in [4.69, 9.17) is 10.5 Å². The van der Waals surface area contributed by atoms with Crippen LogP contribution in [0.4, 0.5) is 11.5 Å². The third kappa shape index (κ3) is 4.34. The SMILES string of the molecule is Cc1cnc(NCCOCC(N)=O)cc1[N+](=O)[O-]. The minimum atomic E-state index is -0.543. The molecule has 1 amide bonds. The van der Waals surface area contributed by atoms with Gasteiger partial charge in [-0.05, 0) is 6.92 Å². The number of nitrogens with one attached hydrogen (secondary N) is 1. The molecule has 1 rings (SSSR count). The molecule has 0 saturated carbocycles. The molecule has 0 atom stereocenters. The fraction of sp³-hybridized carbons (Fsp3) is 0.400. The van der Waals surface area contributed by atoms with Crippen molar-refractivity contribution in [3.8, 4) is 0 Å². The molecule has 0 aromatic carbocycles. The average Bonchev–Trinajstić information content (AvgIpc) is 2.30. The molecule has 18 heavy (non-hydrogen) atoms. The maximum atomic E-state index is 10.7. The lowest BCUT2D eigenvalue weighted by atomic mass is 10.2. The molecule has 0 saturated heterocycles. The van der Waals surface area contributed by atoms with E-state index in [2.05, 4.69) is 10.3 Å². The molecular weight excluding hydrogens is 240 g/mol. The van der Waals surface area contributed by atoms with E-state index in [1.165, 1.54) is 12.3 Å². The molecule has 3 N–H and O–H groups in total. The van der Waals surface area contributed by atoms with Crippen LogP contribution in [-0.4, -0.2) is 35.6 Å². The van der Waals surface area contributed by atoms with Crippen molar-refractivity contribution in [1.82, 2.24) is 4.98 Å². The molecule has 0 unspecified atom stereocenters. The Balaban J connectivity index is 2.45. The van der Waals surface area contributed by atoms with Crippen LogP contribution in [0.25, 0.3) is 0 Å². The second kappa shape index (κ2) is 6.50. The fourth-order valence-electron chi connectivity index (χ4n) is 1.23. The van der Waals surface area contributed by atoms with Gasteiger partial charge in [-0.25, -0.2) is 4.98 Å². The first-order valence-corrected chi connectivity index (χ1v) is 5.21. The van der Waals surface area contributed by atoms with Crippen LogP contribution >= 0.6 is 0 Å². The summed E-state index contributed by atoms with van der Waals surface area (Å²) in [5, 5.41) is 13.5. The number of hydrogen-bond donors (Lipinski definition) is 2. The lowest BCUT2D eigenvalue weighted by molar-refractivity contribution is -0.385. The van der Waals surface area contributed by atoms with Crippen molar-refractivity contribution in [2.75, 3.05) is 25.1 Å². The zero-order valence-corrected chi connectivity index (χ0v) is 9.88. The van der Waals surface area contributed by atoms with Crippen LogP contribution in [0.1, 0.15) is 5.56 Å². The Kier molecular flexibility index (Phi) is 5.00. The monoisotopic (exact) mass is 254 g/mol. The summed E-state index contributed by atoms with van der Waals surface area (Å²) < 4.78 is 4.92. The maximum Gasteiger partial charge on any atom is 0.277 e. The smallest absolute Gasteiger partial charge is 0.277 e. The normalized spacial score (nSPS) is 10.1. The highest BCUT2D eigenvalue weighted by molar-refractivity contribution is 5.74. The Morgan fingerprint density at radius 2 is 2.39 bits per heavy atom. The first kappa shape index (κ1) is 13.8. The van der Waals surface area contributed by atoms with Gasteiger partial charge < -0.3 is 15.8 Å². The van der Waals surface area contributed by atoms with E-state index in [1.54, 1.807) is 6.92 Å². The van der Waals surface area contributed by atoms with Gasteiger partial charge in [0, 0.05) is 18.3 Å². The Bertz CT molecular complexity index is 450. The van der Waals surface area contributed by atoms with E-state index >= 15 is 0 Å². The van der Waals surface area contributed by atoms with Crippen molar-refractivity contribution >= 4 is 17.4 Å². The molecule has 0 aliphatic carbocycles. The molecule has 1 aromatic heterocycles. The number of rotatable bonds is 7. The first-order chi connectivity index (χ1) is 8.50. The summed E-state index contributed by atoms with van der Waals surface area (Å²) in [6.45, 7) is 2.10. The largest absolute Gasteiger partial charge is 0.370 e. The van der Waals surface area contributed by atoms with Crippen molar-refractivity contribution in [3.05, 3.63) is 27.9 Å². The minimum Gasteiger partial charge on any atom is -0.370 e. The molecule has 0 spiro atoms. The summed E-state index contributed by atoms with van der Waals surface area (Å²) in [5.41, 5.74) is 5.38. The molecule has 0 radical (unpaired) electrons. The van der Waals surface area contributed by atoms with E-state index in [0.29, 0.717) is 17.9 Å². The van der Waals surface area contributed by atoms with Gasteiger partial charge in [-0.2, -0.15) is 0 Å². The molecule has 0 fully saturated rings. The third-order valence-electron chi connectivity index (χ3n) is 2.07. The summed E-state index contributed by atoms with van der Waals surface area (Å²) in [6, 6.07) is 1.35. The van der Waals surface area contributed by atoms with Gasteiger partial charge in [-0.3, -0.25) is 14.9 Å². The first-order valence-electron chi connectivity index (χ1n) is 5.21. The number of nitro groups is 1. The van der Waals surface area contributed by atoms with Crippen LogP contribution in [0.15, 0.2) is 12.3 Å². The van der Waals surface area contributed by atoms with Gasteiger partial charge in [0.25, 0.3) is 5.69 Å². The van der Waals surface area contributed by atoms with E-state index < -0.39 is 10.8 Å². The van der Waals surface area contributed by atoms with Crippen LogP contribution in [0.2, 0.25) is 0 Å². The summed E-state index contributed by atoms with van der Waals surface area (Å²) in [7, 11) is 0. The fourth-order valence-corrected chi connectivity index (χ4v) is 1.23.